The summed E-state index contributed by atoms with van der Waals surface area (Å²) < 4.78 is 5.08. The minimum absolute atomic E-state index is 0.0403. The molecule has 2 aliphatic carbocycles. The first-order valence-corrected chi connectivity index (χ1v) is 10.0. The first-order chi connectivity index (χ1) is 12.8. The van der Waals surface area contributed by atoms with Gasteiger partial charge in [-0.1, -0.05) is 37.0 Å². The van der Waals surface area contributed by atoms with E-state index >= 15 is 0 Å². The summed E-state index contributed by atoms with van der Waals surface area (Å²) in [6.45, 7) is 5.54. The monoisotopic (exact) mass is 407 g/mol. The molecule has 5 nitrogen and oxygen atoms in total. The van der Waals surface area contributed by atoms with Gasteiger partial charge in [0, 0.05) is 26.2 Å². The molecular formula is C20H23Cl2N3O2. The molecule has 2 unspecified atom stereocenters. The number of aromatic nitrogens is 2. The second kappa shape index (κ2) is 6.57. The van der Waals surface area contributed by atoms with Crippen LogP contribution in [0.15, 0.2) is 12.1 Å². The minimum atomic E-state index is -0.659. The second-order valence-corrected chi connectivity index (χ2v) is 8.85. The van der Waals surface area contributed by atoms with Gasteiger partial charge in [-0.05, 0) is 36.8 Å². The molecule has 1 saturated carbocycles. The Morgan fingerprint density at radius 2 is 1.93 bits per heavy atom. The van der Waals surface area contributed by atoms with E-state index in [1.54, 1.807) is 19.2 Å². The Hall–Kier alpha value is -1.43. The number of fused-ring (bicyclic) bond motifs is 6. The van der Waals surface area contributed by atoms with E-state index in [2.05, 4.69) is 19.2 Å². The molecule has 2 aromatic rings. The number of nitrogens with one attached hydrogen (secondary N) is 1. The normalized spacial score (nSPS) is 25.0. The van der Waals surface area contributed by atoms with Crippen LogP contribution in [-0.4, -0.2) is 36.1 Å². The number of halogens is 2. The zero-order valence-corrected chi connectivity index (χ0v) is 17.2. The lowest BCUT2D eigenvalue weighted by Crippen LogP contribution is -2.50. The summed E-state index contributed by atoms with van der Waals surface area (Å²) >= 11 is 12.3. The predicted molar refractivity (Wildman–Crippen MR) is 106 cm³/mol. The number of rotatable bonds is 5. The van der Waals surface area contributed by atoms with Crippen molar-refractivity contribution in [3.8, 4) is 0 Å². The van der Waals surface area contributed by atoms with E-state index in [1.165, 1.54) is 0 Å². The highest BCUT2D eigenvalue weighted by atomic mass is 35.5. The van der Waals surface area contributed by atoms with Crippen molar-refractivity contribution < 1.29 is 9.53 Å². The summed E-state index contributed by atoms with van der Waals surface area (Å²) in [7, 11) is 1.66. The quantitative estimate of drug-likeness (QED) is 0.752. The van der Waals surface area contributed by atoms with E-state index in [9.17, 15) is 4.79 Å². The fourth-order valence-electron chi connectivity index (χ4n) is 4.95. The van der Waals surface area contributed by atoms with Crippen molar-refractivity contribution in [1.29, 1.82) is 0 Å². The van der Waals surface area contributed by atoms with Crippen LogP contribution in [0.4, 0.5) is 0 Å². The Labute approximate surface area is 168 Å². The predicted octanol–water partition coefficient (Wildman–Crippen LogP) is 4.24. The molecule has 0 spiro atoms. The summed E-state index contributed by atoms with van der Waals surface area (Å²) in [6, 6.07) is 3.48. The summed E-state index contributed by atoms with van der Waals surface area (Å²) in [6.07, 6.45) is 2.51. The molecule has 0 radical (unpaired) electrons. The molecule has 1 aromatic carbocycles. The number of benzene rings is 1. The fraction of sp³-hybridized carbons (Fsp3) is 0.550. The molecule has 4 rings (SSSR count). The molecule has 2 atom stereocenters. The first kappa shape index (κ1) is 18.9. The van der Waals surface area contributed by atoms with E-state index in [1.807, 2.05) is 0 Å². The zero-order chi connectivity index (χ0) is 19.4. The number of hydrogen-bond donors (Lipinski definition) is 1. The largest absolute Gasteiger partial charge is 0.385 e. The average molecular weight is 408 g/mol. The number of methoxy groups -OCH3 is 1. The third kappa shape index (κ3) is 2.59. The summed E-state index contributed by atoms with van der Waals surface area (Å²) in [5.74, 6) is 0.252. The van der Waals surface area contributed by atoms with Crippen molar-refractivity contribution in [2.75, 3.05) is 20.3 Å². The molecule has 2 aliphatic rings. The lowest BCUT2D eigenvalue weighted by Gasteiger charge is -2.36. The Bertz CT molecular complexity index is 931. The molecule has 2 bridgehead atoms. The van der Waals surface area contributed by atoms with Crippen LogP contribution in [0.3, 0.4) is 0 Å². The van der Waals surface area contributed by atoms with Gasteiger partial charge in [0.05, 0.1) is 37.9 Å². The lowest BCUT2D eigenvalue weighted by molar-refractivity contribution is -0.130. The van der Waals surface area contributed by atoms with Crippen LogP contribution in [0.5, 0.6) is 0 Å². The third-order valence-corrected chi connectivity index (χ3v) is 7.17. The van der Waals surface area contributed by atoms with Gasteiger partial charge >= 0.3 is 0 Å². The molecule has 0 saturated heterocycles. The molecule has 1 fully saturated rings. The summed E-state index contributed by atoms with van der Waals surface area (Å²) in [5.41, 5.74) is 2.24. The Kier molecular flexibility index (Phi) is 4.60. The van der Waals surface area contributed by atoms with E-state index in [4.69, 9.17) is 37.9 Å². The van der Waals surface area contributed by atoms with Crippen LogP contribution in [0.1, 0.15) is 50.4 Å². The zero-order valence-electron chi connectivity index (χ0n) is 15.7. The lowest BCUT2D eigenvalue weighted by atomic mass is 9.67. The van der Waals surface area contributed by atoms with E-state index in [0.29, 0.717) is 28.7 Å². The highest BCUT2D eigenvalue weighted by Gasteiger charge is 2.67. The maximum absolute atomic E-state index is 13.4. The smallest absolute Gasteiger partial charge is 0.232 e. The number of carbonyl (C=O) groups is 1. The summed E-state index contributed by atoms with van der Waals surface area (Å²) in [5, 5.41) is 4.02. The molecule has 1 aromatic heterocycles. The van der Waals surface area contributed by atoms with Crippen molar-refractivity contribution in [3.05, 3.63) is 33.6 Å². The van der Waals surface area contributed by atoms with Gasteiger partial charge in [0.2, 0.25) is 5.91 Å². The maximum Gasteiger partial charge on any atom is 0.232 e. The van der Waals surface area contributed by atoms with Crippen molar-refractivity contribution in [2.45, 2.75) is 44.4 Å². The summed E-state index contributed by atoms with van der Waals surface area (Å²) in [4.78, 5) is 23.1. The number of carbonyl (C=O) groups excluding carboxylic acids is 1. The Morgan fingerprint density at radius 1 is 1.26 bits per heavy atom. The standard InChI is InChI=1S/C20H23Cl2N3O2/c1-19(2)11-5-6-20(19,18(26)23-7-4-8-27-3)17-16(11)24-14-9-12(21)13(22)10-15(14)25-17/h9-11H,4-8H2,1-3H3,(H,23,26). The topological polar surface area (TPSA) is 64.1 Å². The highest BCUT2D eigenvalue weighted by Crippen LogP contribution is 2.67. The van der Waals surface area contributed by atoms with Crippen molar-refractivity contribution >= 4 is 40.1 Å². The van der Waals surface area contributed by atoms with E-state index < -0.39 is 5.41 Å². The molecule has 144 valence electrons. The van der Waals surface area contributed by atoms with Crippen LogP contribution in [-0.2, 0) is 14.9 Å². The molecule has 1 N–H and O–H groups in total. The molecule has 1 heterocycles. The number of hydrogen-bond acceptors (Lipinski definition) is 4. The number of nitrogens with zero attached hydrogens (tertiary/aromatic N) is 2. The fourth-order valence-corrected chi connectivity index (χ4v) is 5.26. The Balaban J connectivity index is 1.80. The Morgan fingerprint density at radius 3 is 2.59 bits per heavy atom. The van der Waals surface area contributed by atoms with Crippen LogP contribution < -0.4 is 5.32 Å². The molecular weight excluding hydrogens is 385 g/mol. The average Bonchev–Trinajstić information content (AvgIpc) is 3.00. The van der Waals surface area contributed by atoms with Gasteiger partial charge < -0.3 is 10.1 Å². The minimum Gasteiger partial charge on any atom is -0.385 e. The number of amides is 1. The molecule has 27 heavy (non-hydrogen) atoms. The van der Waals surface area contributed by atoms with Crippen LogP contribution in [0.2, 0.25) is 10.0 Å². The van der Waals surface area contributed by atoms with Crippen molar-refractivity contribution in [1.82, 2.24) is 15.3 Å². The second-order valence-electron chi connectivity index (χ2n) is 8.03. The van der Waals surface area contributed by atoms with Crippen LogP contribution in [0, 0.1) is 5.41 Å². The van der Waals surface area contributed by atoms with Crippen LogP contribution >= 0.6 is 23.2 Å². The van der Waals surface area contributed by atoms with Crippen molar-refractivity contribution in [2.24, 2.45) is 5.41 Å². The number of ether oxygens (including phenoxy) is 1. The molecule has 7 heteroatoms. The van der Waals surface area contributed by atoms with E-state index in [-0.39, 0.29) is 17.2 Å². The van der Waals surface area contributed by atoms with Gasteiger partial charge in [0.15, 0.2) is 0 Å². The van der Waals surface area contributed by atoms with Gasteiger partial charge in [-0.15, -0.1) is 0 Å². The van der Waals surface area contributed by atoms with Gasteiger partial charge in [-0.3, -0.25) is 4.79 Å². The van der Waals surface area contributed by atoms with Gasteiger partial charge in [0.1, 0.15) is 0 Å². The van der Waals surface area contributed by atoms with Gasteiger partial charge in [0.25, 0.3) is 0 Å². The SMILES string of the molecule is COCCCNC(=O)C12CCC(c3nc4cc(Cl)c(Cl)cc4nc31)C2(C)C. The maximum atomic E-state index is 13.4. The molecule has 1 amide bonds. The first-order valence-electron chi connectivity index (χ1n) is 9.27. The van der Waals surface area contributed by atoms with Gasteiger partial charge in [-0.25, -0.2) is 9.97 Å². The van der Waals surface area contributed by atoms with Gasteiger partial charge in [-0.2, -0.15) is 0 Å². The molecule has 0 aliphatic heterocycles. The van der Waals surface area contributed by atoms with Crippen LogP contribution in [0.25, 0.3) is 11.0 Å². The van der Waals surface area contributed by atoms with Crippen molar-refractivity contribution in [3.63, 3.8) is 0 Å². The highest BCUT2D eigenvalue weighted by molar-refractivity contribution is 6.42. The van der Waals surface area contributed by atoms with E-state index in [0.717, 1.165) is 36.2 Å². The third-order valence-electron chi connectivity index (χ3n) is 6.45.